The summed E-state index contributed by atoms with van der Waals surface area (Å²) in [6.07, 6.45) is 1.13. The quantitative estimate of drug-likeness (QED) is 0.654. The number of carboxylic acid groups (broad SMARTS) is 1. The highest BCUT2D eigenvalue weighted by molar-refractivity contribution is 5.88. The number of nitrogens with one attached hydrogen (secondary N) is 1. The summed E-state index contributed by atoms with van der Waals surface area (Å²) in [7, 11) is 0. The maximum absolute atomic E-state index is 12.2. The molecule has 0 saturated carbocycles. The number of aromatic amines is 1. The first-order valence-electron chi connectivity index (χ1n) is 8.30. The van der Waals surface area contributed by atoms with Crippen molar-refractivity contribution in [1.29, 1.82) is 0 Å². The molecule has 2 N–H and O–H groups in total. The van der Waals surface area contributed by atoms with E-state index in [0.29, 0.717) is 16.9 Å². The molecule has 0 fully saturated rings. The fraction of sp³-hybridized carbons (Fsp3) is 0.100. The molecular formula is C20H16N3O5-. The van der Waals surface area contributed by atoms with Gasteiger partial charge in [-0.15, -0.1) is 0 Å². The third kappa shape index (κ3) is 3.48. The average molecular weight is 378 g/mol. The molecule has 0 unspecified atom stereocenters. The van der Waals surface area contributed by atoms with Gasteiger partial charge >= 0.3 is 5.69 Å². The lowest BCUT2D eigenvalue weighted by atomic mass is 10.1. The Morgan fingerprint density at radius 2 is 1.86 bits per heavy atom. The highest BCUT2D eigenvalue weighted by Gasteiger charge is 2.15. The zero-order valence-electron chi connectivity index (χ0n) is 15.1. The summed E-state index contributed by atoms with van der Waals surface area (Å²) in [6, 6.07) is 11.1. The number of carbonyl (C=O) groups excluding carboxylic acids is 1. The van der Waals surface area contributed by atoms with Crippen LogP contribution in [0.3, 0.4) is 0 Å². The van der Waals surface area contributed by atoms with Gasteiger partial charge in [0.15, 0.2) is 0 Å². The third-order valence-corrected chi connectivity index (χ3v) is 4.24. The van der Waals surface area contributed by atoms with Gasteiger partial charge in [0, 0.05) is 6.21 Å². The van der Waals surface area contributed by atoms with Crippen LogP contribution in [0.25, 0.3) is 5.69 Å². The molecule has 0 aliphatic heterocycles. The molecule has 8 heteroatoms. The molecule has 0 aliphatic carbocycles. The van der Waals surface area contributed by atoms with Crippen LogP contribution in [-0.4, -0.2) is 26.8 Å². The van der Waals surface area contributed by atoms with Crippen LogP contribution in [0.5, 0.6) is 5.88 Å². The molecule has 0 spiro atoms. The maximum Gasteiger partial charge on any atom is 0.335 e. The molecular weight excluding hydrogens is 362 g/mol. The summed E-state index contributed by atoms with van der Waals surface area (Å²) in [5, 5.41) is 21.5. The molecule has 0 bridgehead atoms. The van der Waals surface area contributed by atoms with Gasteiger partial charge in [0.05, 0.1) is 17.3 Å². The first-order valence-corrected chi connectivity index (χ1v) is 8.30. The Labute approximate surface area is 159 Å². The fourth-order valence-electron chi connectivity index (χ4n) is 2.75. The van der Waals surface area contributed by atoms with Crippen LogP contribution in [-0.2, 0) is 0 Å². The molecule has 1 heterocycles. The van der Waals surface area contributed by atoms with E-state index in [4.69, 9.17) is 0 Å². The van der Waals surface area contributed by atoms with Gasteiger partial charge in [0.1, 0.15) is 5.56 Å². The molecule has 28 heavy (non-hydrogen) atoms. The molecule has 3 aromatic rings. The predicted molar refractivity (Wildman–Crippen MR) is 102 cm³/mol. The van der Waals surface area contributed by atoms with E-state index < -0.39 is 23.1 Å². The Morgan fingerprint density at radius 1 is 1.14 bits per heavy atom. The molecule has 1 aromatic heterocycles. The maximum atomic E-state index is 12.2. The summed E-state index contributed by atoms with van der Waals surface area (Å²) < 4.78 is 0.990. The van der Waals surface area contributed by atoms with Gasteiger partial charge in [-0.25, -0.2) is 9.36 Å². The second-order valence-electron chi connectivity index (χ2n) is 6.17. The van der Waals surface area contributed by atoms with Crippen molar-refractivity contribution in [2.45, 2.75) is 13.8 Å². The Balaban J connectivity index is 2.11. The summed E-state index contributed by atoms with van der Waals surface area (Å²) in [6.45, 7) is 3.42. The minimum Gasteiger partial charge on any atom is -0.545 e. The molecule has 0 radical (unpaired) electrons. The molecule has 0 amide bonds. The number of hydrogen-bond donors (Lipinski definition) is 2. The van der Waals surface area contributed by atoms with Gasteiger partial charge < -0.3 is 15.0 Å². The normalized spacial score (nSPS) is 11.1. The molecule has 0 atom stereocenters. The van der Waals surface area contributed by atoms with Crippen molar-refractivity contribution in [3.8, 4) is 11.6 Å². The van der Waals surface area contributed by atoms with Crippen LogP contribution in [0.1, 0.15) is 27.0 Å². The number of carbonyl (C=O) groups is 1. The summed E-state index contributed by atoms with van der Waals surface area (Å²) in [4.78, 5) is 41.6. The van der Waals surface area contributed by atoms with Gasteiger partial charge in [-0.3, -0.25) is 14.8 Å². The van der Waals surface area contributed by atoms with E-state index in [1.54, 1.807) is 38.1 Å². The van der Waals surface area contributed by atoms with Crippen LogP contribution >= 0.6 is 0 Å². The van der Waals surface area contributed by atoms with E-state index in [-0.39, 0.29) is 11.1 Å². The second kappa shape index (κ2) is 7.36. The van der Waals surface area contributed by atoms with Crippen molar-refractivity contribution < 1.29 is 15.0 Å². The van der Waals surface area contributed by atoms with E-state index >= 15 is 0 Å². The standard InChI is InChI=1S/C20H17N3O5/c1-11-5-3-4-6-16(11)23-18(25)14(17(24)22-20(23)28)10-21-15-8-7-13(19(26)27)9-12(15)2/h3-10,25H,1-2H3,(H,26,27)(H,22,24,28)/p-1. The number of nitrogens with zero attached hydrogens (tertiary/aromatic N) is 2. The minimum atomic E-state index is -1.31. The molecule has 0 saturated heterocycles. The number of aromatic nitrogens is 2. The number of carboxylic acids is 1. The third-order valence-electron chi connectivity index (χ3n) is 4.24. The predicted octanol–water partition coefficient (Wildman–Crippen LogP) is 0.962. The van der Waals surface area contributed by atoms with E-state index in [1.807, 2.05) is 0 Å². The summed E-state index contributed by atoms with van der Waals surface area (Å²) in [5.41, 5.74) is 0.326. The highest BCUT2D eigenvalue weighted by Crippen LogP contribution is 2.21. The van der Waals surface area contributed by atoms with Gasteiger partial charge in [0.2, 0.25) is 5.88 Å². The molecule has 142 valence electrons. The fourth-order valence-corrected chi connectivity index (χ4v) is 2.75. The number of aromatic hydroxyl groups is 1. The second-order valence-corrected chi connectivity index (χ2v) is 6.17. The SMILES string of the molecule is Cc1cc(C(=O)[O-])ccc1N=Cc1c(O)n(-c2ccccc2C)c(=O)[nH]c1=O. The zero-order chi connectivity index (χ0) is 20.4. The van der Waals surface area contributed by atoms with Gasteiger partial charge in [-0.1, -0.05) is 24.3 Å². The summed E-state index contributed by atoms with van der Waals surface area (Å²) >= 11 is 0. The Bertz CT molecular complexity index is 1220. The van der Waals surface area contributed by atoms with Crippen LogP contribution in [0.2, 0.25) is 0 Å². The van der Waals surface area contributed by atoms with E-state index in [1.165, 1.54) is 18.2 Å². The lowest BCUT2D eigenvalue weighted by Gasteiger charge is -2.12. The number of benzene rings is 2. The minimum absolute atomic E-state index is 0.00486. The topological polar surface area (TPSA) is 128 Å². The lowest BCUT2D eigenvalue weighted by molar-refractivity contribution is -0.255. The van der Waals surface area contributed by atoms with E-state index in [9.17, 15) is 24.6 Å². The van der Waals surface area contributed by atoms with Gasteiger partial charge in [-0.05, 0) is 48.7 Å². The van der Waals surface area contributed by atoms with Crippen LogP contribution in [0.15, 0.2) is 57.0 Å². The average Bonchev–Trinajstić information content (AvgIpc) is 2.63. The number of H-pyrrole nitrogens is 1. The highest BCUT2D eigenvalue weighted by atomic mass is 16.4. The largest absolute Gasteiger partial charge is 0.545 e. The van der Waals surface area contributed by atoms with Crippen molar-refractivity contribution in [3.05, 3.63) is 85.6 Å². The summed E-state index contributed by atoms with van der Waals surface area (Å²) in [5.74, 6) is -1.85. The first kappa shape index (κ1) is 18.8. The number of aryl methyl sites for hydroxylation is 2. The van der Waals surface area contributed by atoms with Crippen molar-refractivity contribution in [2.24, 2.45) is 4.99 Å². The van der Waals surface area contributed by atoms with Crippen molar-refractivity contribution in [2.75, 3.05) is 0 Å². The van der Waals surface area contributed by atoms with E-state index in [2.05, 4.69) is 9.98 Å². The molecule has 3 rings (SSSR count). The Kier molecular flexibility index (Phi) is 4.95. The van der Waals surface area contributed by atoms with Gasteiger partial charge in [0.25, 0.3) is 5.56 Å². The van der Waals surface area contributed by atoms with Crippen molar-refractivity contribution in [1.82, 2.24) is 9.55 Å². The van der Waals surface area contributed by atoms with Crippen LogP contribution < -0.4 is 16.4 Å². The number of hydrogen-bond acceptors (Lipinski definition) is 6. The number of aliphatic imine (C=N–C) groups is 1. The van der Waals surface area contributed by atoms with Gasteiger partial charge in [-0.2, -0.15) is 0 Å². The monoisotopic (exact) mass is 378 g/mol. The Hall–Kier alpha value is -3.94. The number of para-hydroxylation sites is 1. The van der Waals surface area contributed by atoms with Crippen LogP contribution in [0, 0.1) is 13.8 Å². The van der Waals surface area contributed by atoms with Crippen molar-refractivity contribution >= 4 is 17.9 Å². The number of rotatable bonds is 4. The molecule has 8 nitrogen and oxygen atoms in total. The Morgan fingerprint density at radius 3 is 2.50 bits per heavy atom. The molecule has 2 aromatic carbocycles. The first-order chi connectivity index (χ1) is 13.3. The molecule has 0 aliphatic rings. The van der Waals surface area contributed by atoms with Crippen LogP contribution in [0.4, 0.5) is 5.69 Å². The van der Waals surface area contributed by atoms with E-state index in [0.717, 1.165) is 16.3 Å². The lowest BCUT2D eigenvalue weighted by Crippen LogP contribution is -2.31. The smallest absolute Gasteiger partial charge is 0.335 e. The number of aromatic carboxylic acids is 1. The van der Waals surface area contributed by atoms with Crippen molar-refractivity contribution in [3.63, 3.8) is 0 Å². The zero-order valence-corrected chi connectivity index (χ0v) is 15.1.